The zero-order valence-electron chi connectivity index (χ0n) is 16.0. The number of carbonyl (C=O) groups is 2. The normalized spacial score (nSPS) is 15.2. The van der Waals surface area contributed by atoms with E-state index in [2.05, 4.69) is 17.4 Å². The van der Waals surface area contributed by atoms with E-state index in [9.17, 15) is 9.59 Å². The van der Waals surface area contributed by atoms with E-state index in [4.69, 9.17) is 0 Å². The standard InChI is InChI=1S/C24H24N2O2/c1-26(22-14-13-18-8-3-5-12-21(18)22)24(28)16-25-23(27)15-19-10-6-9-17-7-2-4-11-20(17)19/h2-12,22H,13-16H2,1H3,(H,25,27). The summed E-state index contributed by atoms with van der Waals surface area (Å²) in [5, 5.41) is 4.98. The lowest BCUT2D eigenvalue weighted by atomic mass is 10.0. The summed E-state index contributed by atoms with van der Waals surface area (Å²) in [6.07, 6.45) is 2.20. The minimum Gasteiger partial charge on any atom is -0.347 e. The number of nitrogens with zero attached hydrogens (tertiary/aromatic N) is 1. The Labute approximate surface area is 165 Å². The van der Waals surface area contributed by atoms with Crippen molar-refractivity contribution in [1.82, 2.24) is 10.2 Å². The lowest BCUT2D eigenvalue weighted by Crippen LogP contribution is -2.40. The Kier molecular flexibility index (Phi) is 5.11. The first-order valence-corrected chi connectivity index (χ1v) is 9.70. The lowest BCUT2D eigenvalue weighted by Gasteiger charge is -2.25. The SMILES string of the molecule is CN(C(=O)CNC(=O)Cc1cccc2ccccc12)C1CCc2ccccc21. The van der Waals surface area contributed by atoms with E-state index in [1.807, 2.05) is 61.6 Å². The third-order valence-electron chi connectivity index (χ3n) is 5.63. The van der Waals surface area contributed by atoms with Crippen LogP contribution in [0.3, 0.4) is 0 Å². The third-order valence-corrected chi connectivity index (χ3v) is 5.63. The summed E-state index contributed by atoms with van der Waals surface area (Å²) in [7, 11) is 1.83. The van der Waals surface area contributed by atoms with Crippen molar-refractivity contribution in [1.29, 1.82) is 0 Å². The summed E-state index contributed by atoms with van der Waals surface area (Å²) in [5.41, 5.74) is 3.51. The molecule has 1 N–H and O–H groups in total. The number of aryl methyl sites for hydroxylation is 1. The molecular formula is C24H24N2O2. The summed E-state index contributed by atoms with van der Waals surface area (Å²) in [6.45, 7) is 0.0266. The molecule has 0 fully saturated rings. The number of rotatable bonds is 5. The van der Waals surface area contributed by atoms with Crippen molar-refractivity contribution in [2.75, 3.05) is 13.6 Å². The fourth-order valence-corrected chi connectivity index (χ4v) is 4.09. The van der Waals surface area contributed by atoms with Gasteiger partial charge in [0, 0.05) is 7.05 Å². The molecule has 142 valence electrons. The lowest BCUT2D eigenvalue weighted by molar-refractivity contribution is -0.133. The molecule has 4 heteroatoms. The van der Waals surface area contributed by atoms with Crippen molar-refractivity contribution in [3.8, 4) is 0 Å². The molecule has 2 amide bonds. The third kappa shape index (κ3) is 3.63. The summed E-state index contributed by atoms with van der Waals surface area (Å²) in [5.74, 6) is -0.196. The summed E-state index contributed by atoms with van der Waals surface area (Å²) >= 11 is 0. The van der Waals surface area contributed by atoms with Crippen LogP contribution in [0, 0.1) is 0 Å². The van der Waals surface area contributed by atoms with Crippen molar-refractivity contribution in [3.05, 3.63) is 83.4 Å². The van der Waals surface area contributed by atoms with Gasteiger partial charge >= 0.3 is 0 Å². The molecule has 0 aliphatic heterocycles. The first-order chi connectivity index (χ1) is 13.6. The number of likely N-dealkylation sites (N-methyl/N-ethyl adjacent to an activating group) is 1. The van der Waals surface area contributed by atoms with Gasteiger partial charge in [-0.15, -0.1) is 0 Å². The van der Waals surface area contributed by atoms with Gasteiger partial charge in [-0.1, -0.05) is 66.7 Å². The number of nitrogens with one attached hydrogen (secondary N) is 1. The molecule has 3 aromatic carbocycles. The molecule has 4 nitrogen and oxygen atoms in total. The maximum absolute atomic E-state index is 12.6. The molecule has 28 heavy (non-hydrogen) atoms. The predicted octanol–water partition coefficient (Wildman–Crippen LogP) is 3.64. The number of hydrogen-bond donors (Lipinski definition) is 1. The second kappa shape index (κ2) is 7.85. The minimum atomic E-state index is -0.134. The molecule has 1 aliphatic carbocycles. The molecule has 0 saturated heterocycles. The fraction of sp³-hybridized carbons (Fsp3) is 0.250. The highest BCUT2D eigenvalue weighted by atomic mass is 16.2. The minimum absolute atomic E-state index is 0.0266. The van der Waals surface area contributed by atoms with Gasteiger partial charge in [0.2, 0.25) is 11.8 Å². The molecule has 3 aromatic rings. The molecule has 4 rings (SSSR count). The van der Waals surface area contributed by atoms with E-state index in [0.29, 0.717) is 0 Å². The molecule has 0 spiro atoms. The van der Waals surface area contributed by atoms with E-state index in [0.717, 1.165) is 29.2 Å². The van der Waals surface area contributed by atoms with E-state index in [1.165, 1.54) is 11.1 Å². The van der Waals surface area contributed by atoms with Gasteiger partial charge in [0.05, 0.1) is 19.0 Å². The van der Waals surface area contributed by atoms with Crippen LogP contribution < -0.4 is 5.32 Å². The van der Waals surface area contributed by atoms with E-state index in [-0.39, 0.29) is 30.8 Å². The predicted molar refractivity (Wildman–Crippen MR) is 111 cm³/mol. The quantitative estimate of drug-likeness (QED) is 0.743. The van der Waals surface area contributed by atoms with E-state index < -0.39 is 0 Å². The van der Waals surface area contributed by atoms with Gasteiger partial charge in [0.15, 0.2) is 0 Å². The Balaban J connectivity index is 1.36. The van der Waals surface area contributed by atoms with E-state index >= 15 is 0 Å². The highest BCUT2D eigenvalue weighted by molar-refractivity contribution is 5.91. The van der Waals surface area contributed by atoms with E-state index in [1.54, 1.807) is 4.90 Å². The van der Waals surface area contributed by atoms with Gasteiger partial charge in [-0.3, -0.25) is 9.59 Å². The Morgan fingerprint density at radius 3 is 2.64 bits per heavy atom. The Morgan fingerprint density at radius 2 is 1.75 bits per heavy atom. The van der Waals surface area contributed by atoms with Crippen LogP contribution in [0.25, 0.3) is 10.8 Å². The second-order valence-electron chi connectivity index (χ2n) is 7.35. The second-order valence-corrected chi connectivity index (χ2v) is 7.35. The molecule has 1 atom stereocenters. The van der Waals surface area contributed by atoms with Gasteiger partial charge < -0.3 is 10.2 Å². The monoisotopic (exact) mass is 372 g/mol. The summed E-state index contributed by atoms with van der Waals surface area (Å²) < 4.78 is 0. The van der Waals surface area contributed by atoms with Gasteiger partial charge in [-0.25, -0.2) is 0 Å². The first kappa shape index (κ1) is 18.2. The van der Waals surface area contributed by atoms with Crippen molar-refractivity contribution in [2.45, 2.75) is 25.3 Å². The van der Waals surface area contributed by atoms with Crippen LogP contribution in [0.2, 0.25) is 0 Å². The van der Waals surface area contributed by atoms with Crippen molar-refractivity contribution in [3.63, 3.8) is 0 Å². The van der Waals surface area contributed by atoms with Gasteiger partial charge in [0.1, 0.15) is 0 Å². The van der Waals surface area contributed by atoms with Crippen LogP contribution in [0.5, 0.6) is 0 Å². The maximum Gasteiger partial charge on any atom is 0.242 e. The Hall–Kier alpha value is -3.14. The van der Waals surface area contributed by atoms with Crippen molar-refractivity contribution < 1.29 is 9.59 Å². The fourth-order valence-electron chi connectivity index (χ4n) is 4.09. The van der Waals surface area contributed by atoms with Crippen LogP contribution in [-0.2, 0) is 22.4 Å². The number of fused-ring (bicyclic) bond motifs is 2. The number of benzene rings is 3. The van der Waals surface area contributed by atoms with Crippen LogP contribution >= 0.6 is 0 Å². The zero-order valence-corrected chi connectivity index (χ0v) is 16.0. The number of hydrogen-bond acceptors (Lipinski definition) is 2. The Morgan fingerprint density at radius 1 is 1.00 bits per heavy atom. The molecule has 1 unspecified atom stereocenters. The molecule has 0 aromatic heterocycles. The van der Waals surface area contributed by atoms with Crippen LogP contribution in [0.1, 0.15) is 29.2 Å². The topological polar surface area (TPSA) is 49.4 Å². The van der Waals surface area contributed by atoms with Gasteiger partial charge in [-0.05, 0) is 40.3 Å². The molecular weight excluding hydrogens is 348 g/mol. The zero-order chi connectivity index (χ0) is 19.5. The number of amides is 2. The van der Waals surface area contributed by atoms with Crippen molar-refractivity contribution >= 4 is 22.6 Å². The smallest absolute Gasteiger partial charge is 0.242 e. The largest absolute Gasteiger partial charge is 0.347 e. The highest BCUT2D eigenvalue weighted by Gasteiger charge is 2.28. The summed E-state index contributed by atoms with van der Waals surface area (Å²) in [4.78, 5) is 26.8. The van der Waals surface area contributed by atoms with Crippen LogP contribution in [0.4, 0.5) is 0 Å². The highest BCUT2D eigenvalue weighted by Crippen LogP contribution is 2.34. The van der Waals surface area contributed by atoms with Gasteiger partial charge in [-0.2, -0.15) is 0 Å². The average molecular weight is 372 g/mol. The van der Waals surface area contributed by atoms with Crippen LogP contribution in [-0.4, -0.2) is 30.3 Å². The molecule has 1 aliphatic rings. The molecule has 0 radical (unpaired) electrons. The first-order valence-electron chi connectivity index (χ1n) is 9.70. The van der Waals surface area contributed by atoms with Gasteiger partial charge in [0.25, 0.3) is 0 Å². The van der Waals surface area contributed by atoms with Crippen molar-refractivity contribution in [2.24, 2.45) is 0 Å². The number of carbonyl (C=O) groups excluding carboxylic acids is 2. The molecule has 0 bridgehead atoms. The average Bonchev–Trinajstić information content (AvgIpc) is 3.16. The Bertz CT molecular complexity index is 1020. The van der Waals surface area contributed by atoms with Crippen LogP contribution in [0.15, 0.2) is 66.7 Å². The molecule has 0 heterocycles. The summed E-state index contributed by atoms with van der Waals surface area (Å²) in [6, 6.07) is 22.3. The molecule has 0 saturated carbocycles. The maximum atomic E-state index is 12.6.